The summed E-state index contributed by atoms with van der Waals surface area (Å²) in [5.41, 5.74) is 1.16. The number of likely N-dealkylation sites (N-methyl/N-ethyl adjacent to an activating group) is 1. The molecule has 6 heteroatoms. The zero-order valence-corrected chi connectivity index (χ0v) is 14.3. The zero-order chi connectivity index (χ0) is 16.1. The van der Waals surface area contributed by atoms with E-state index in [0.717, 1.165) is 44.5 Å². The molecule has 0 radical (unpaired) electrons. The molecular formula is C16H22Cl2N2O2. The van der Waals surface area contributed by atoms with Crippen molar-refractivity contribution < 1.29 is 9.90 Å². The number of halogens is 2. The molecule has 0 aliphatic carbocycles. The number of carboxylic acids is 1. The second-order valence-corrected chi connectivity index (χ2v) is 6.73. The third-order valence-corrected chi connectivity index (χ3v) is 4.93. The Morgan fingerprint density at radius 1 is 1.32 bits per heavy atom. The van der Waals surface area contributed by atoms with E-state index in [9.17, 15) is 4.79 Å². The SMILES string of the molecule is CN(CC(=O)O)C1CCCN(Cc2ccc(Cl)c(Cl)c2)CC1. The van der Waals surface area contributed by atoms with Crippen LogP contribution in [0.25, 0.3) is 0 Å². The number of carbonyl (C=O) groups is 1. The molecule has 1 unspecified atom stereocenters. The van der Waals surface area contributed by atoms with Crippen LogP contribution in [-0.2, 0) is 11.3 Å². The maximum absolute atomic E-state index is 10.8. The summed E-state index contributed by atoms with van der Waals surface area (Å²) in [5.74, 6) is -0.764. The fourth-order valence-electron chi connectivity index (χ4n) is 2.98. The van der Waals surface area contributed by atoms with Crippen LogP contribution in [-0.4, -0.2) is 53.6 Å². The summed E-state index contributed by atoms with van der Waals surface area (Å²) in [6.45, 7) is 2.95. The van der Waals surface area contributed by atoms with Crippen molar-refractivity contribution in [2.45, 2.75) is 31.8 Å². The van der Waals surface area contributed by atoms with Crippen LogP contribution < -0.4 is 0 Å². The zero-order valence-electron chi connectivity index (χ0n) is 12.8. The fraction of sp³-hybridized carbons (Fsp3) is 0.562. The highest BCUT2D eigenvalue weighted by molar-refractivity contribution is 6.42. The van der Waals surface area contributed by atoms with Crippen molar-refractivity contribution in [1.82, 2.24) is 9.80 Å². The number of hydrogen-bond acceptors (Lipinski definition) is 3. The van der Waals surface area contributed by atoms with Gasteiger partial charge in [-0.15, -0.1) is 0 Å². The second kappa shape index (κ2) is 8.16. The fourth-order valence-corrected chi connectivity index (χ4v) is 3.30. The summed E-state index contributed by atoms with van der Waals surface area (Å²) in [5, 5.41) is 10.1. The van der Waals surface area contributed by atoms with Crippen molar-refractivity contribution in [1.29, 1.82) is 0 Å². The van der Waals surface area contributed by atoms with Crippen molar-refractivity contribution in [3.63, 3.8) is 0 Å². The Morgan fingerprint density at radius 2 is 2.09 bits per heavy atom. The van der Waals surface area contributed by atoms with Gasteiger partial charge >= 0.3 is 5.97 Å². The summed E-state index contributed by atoms with van der Waals surface area (Å²) < 4.78 is 0. The number of aliphatic carboxylic acids is 1. The van der Waals surface area contributed by atoms with Gasteiger partial charge < -0.3 is 5.11 Å². The number of benzene rings is 1. The third-order valence-electron chi connectivity index (χ3n) is 4.19. The van der Waals surface area contributed by atoms with Crippen LogP contribution >= 0.6 is 23.2 Å². The van der Waals surface area contributed by atoms with E-state index in [4.69, 9.17) is 28.3 Å². The van der Waals surface area contributed by atoms with E-state index in [0.29, 0.717) is 16.1 Å². The lowest BCUT2D eigenvalue weighted by molar-refractivity contribution is -0.138. The molecule has 0 spiro atoms. The van der Waals surface area contributed by atoms with E-state index in [1.165, 1.54) is 0 Å². The van der Waals surface area contributed by atoms with E-state index in [1.807, 2.05) is 30.1 Å². The molecule has 1 N–H and O–H groups in total. The van der Waals surface area contributed by atoms with Crippen molar-refractivity contribution in [3.05, 3.63) is 33.8 Å². The summed E-state index contributed by atoms with van der Waals surface area (Å²) in [7, 11) is 1.90. The van der Waals surface area contributed by atoms with Crippen LogP contribution in [0.4, 0.5) is 0 Å². The van der Waals surface area contributed by atoms with Crippen LogP contribution in [0.2, 0.25) is 10.0 Å². The van der Waals surface area contributed by atoms with Gasteiger partial charge in [0.2, 0.25) is 0 Å². The summed E-state index contributed by atoms with van der Waals surface area (Å²) >= 11 is 12.0. The minimum Gasteiger partial charge on any atom is -0.480 e. The van der Waals surface area contributed by atoms with Crippen LogP contribution in [0, 0.1) is 0 Å². The summed E-state index contributed by atoms with van der Waals surface area (Å²) in [6.07, 6.45) is 3.11. The lowest BCUT2D eigenvalue weighted by Crippen LogP contribution is -2.36. The molecule has 0 amide bonds. The average molecular weight is 345 g/mol. The van der Waals surface area contributed by atoms with Gasteiger partial charge in [-0.3, -0.25) is 14.6 Å². The largest absolute Gasteiger partial charge is 0.480 e. The van der Waals surface area contributed by atoms with Gasteiger partial charge in [0, 0.05) is 12.6 Å². The van der Waals surface area contributed by atoms with Crippen molar-refractivity contribution in [3.8, 4) is 0 Å². The molecule has 1 saturated heterocycles. The first-order valence-electron chi connectivity index (χ1n) is 7.54. The van der Waals surface area contributed by atoms with Gasteiger partial charge in [0.15, 0.2) is 0 Å². The van der Waals surface area contributed by atoms with Crippen molar-refractivity contribution in [2.24, 2.45) is 0 Å². The second-order valence-electron chi connectivity index (χ2n) is 5.92. The molecule has 1 atom stereocenters. The minimum absolute atomic E-state index is 0.109. The molecule has 1 heterocycles. The van der Waals surface area contributed by atoms with Crippen LogP contribution in [0.1, 0.15) is 24.8 Å². The molecule has 122 valence electrons. The van der Waals surface area contributed by atoms with E-state index >= 15 is 0 Å². The molecule has 0 saturated carbocycles. The van der Waals surface area contributed by atoms with Crippen molar-refractivity contribution >= 4 is 29.2 Å². The predicted molar refractivity (Wildman–Crippen MR) is 89.6 cm³/mol. The number of hydrogen-bond donors (Lipinski definition) is 1. The van der Waals surface area contributed by atoms with E-state index in [2.05, 4.69) is 4.90 Å². The summed E-state index contributed by atoms with van der Waals surface area (Å²) in [6, 6.07) is 6.10. The molecule has 4 nitrogen and oxygen atoms in total. The Bertz CT molecular complexity index is 525. The molecule has 1 aliphatic rings. The maximum atomic E-state index is 10.8. The van der Waals surface area contributed by atoms with Gasteiger partial charge in [-0.2, -0.15) is 0 Å². The molecule has 1 fully saturated rings. The Hall–Kier alpha value is -0.810. The molecule has 2 rings (SSSR count). The molecule has 1 aromatic carbocycles. The summed E-state index contributed by atoms with van der Waals surface area (Å²) in [4.78, 5) is 15.2. The normalized spacial score (nSPS) is 20.1. The smallest absolute Gasteiger partial charge is 0.317 e. The van der Waals surface area contributed by atoms with Crippen LogP contribution in [0.3, 0.4) is 0 Å². The number of rotatable bonds is 5. The highest BCUT2D eigenvalue weighted by Crippen LogP contribution is 2.24. The average Bonchev–Trinajstić information content (AvgIpc) is 2.68. The van der Waals surface area contributed by atoms with Gasteiger partial charge in [-0.05, 0) is 57.1 Å². The van der Waals surface area contributed by atoms with Gasteiger partial charge in [-0.25, -0.2) is 0 Å². The number of likely N-dealkylation sites (tertiary alicyclic amines) is 1. The number of carboxylic acid groups (broad SMARTS) is 1. The predicted octanol–water partition coefficient (Wildman–Crippen LogP) is 3.36. The molecule has 22 heavy (non-hydrogen) atoms. The topological polar surface area (TPSA) is 43.8 Å². The molecule has 1 aromatic rings. The lowest BCUT2D eigenvalue weighted by atomic mass is 10.1. The Kier molecular flexibility index (Phi) is 6.50. The lowest BCUT2D eigenvalue weighted by Gasteiger charge is -2.25. The first kappa shape index (κ1) is 17.5. The Morgan fingerprint density at radius 3 is 2.77 bits per heavy atom. The third kappa shape index (κ3) is 5.13. The highest BCUT2D eigenvalue weighted by atomic mass is 35.5. The van der Waals surface area contributed by atoms with Gasteiger partial charge in [0.25, 0.3) is 0 Å². The van der Waals surface area contributed by atoms with E-state index in [-0.39, 0.29) is 6.54 Å². The van der Waals surface area contributed by atoms with E-state index in [1.54, 1.807) is 0 Å². The van der Waals surface area contributed by atoms with E-state index < -0.39 is 5.97 Å². The van der Waals surface area contributed by atoms with Crippen molar-refractivity contribution in [2.75, 3.05) is 26.7 Å². The molecular weight excluding hydrogens is 323 g/mol. The minimum atomic E-state index is -0.764. The monoisotopic (exact) mass is 344 g/mol. The Balaban J connectivity index is 1.89. The van der Waals surface area contributed by atoms with Crippen LogP contribution in [0.5, 0.6) is 0 Å². The highest BCUT2D eigenvalue weighted by Gasteiger charge is 2.21. The van der Waals surface area contributed by atoms with Gasteiger partial charge in [-0.1, -0.05) is 29.3 Å². The molecule has 1 aliphatic heterocycles. The molecule has 0 aromatic heterocycles. The first-order valence-corrected chi connectivity index (χ1v) is 8.29. The number of nitrogens with zero attached hydrogens (tertiary/aromatic N) is 2. The van der Waals surface area contributed by atoms with Gasteiger partial charge in [0.05, 0.1) is 16.6 Å². The quantitative estimate of drug-likeness (QED) is 0.889. The van der Waals surface area contributed by atoms with Gasteiger partial charge in [0.1, 0.15) is 0 Å². The maximum Gasteiger partial charge on any atom is 0.317 e. The molecule has 0 bridgehead atoms. The standard InChI is InChI=1S/C16H22Cl2N2O2/c1-19(11-16(21)22)13-3-2-7-20(8-6-13)10-12-4-5-14(17)15(18)9-12/h4-5,9,13H,2-3,6-8,10-11H2,1H3,(H,21,22). The Labute approximate surface area is 141 Å². The van der Waals surface area contributed by atoms with Crippen LogP contribution in [0.15, 0.2) is 18.2 Å². The first-order chi connectivity index (χ1) is 10.5.